The lowest BCUT2D eigenvalue weighted by molar-refractivity contribution is -0.119. The summed E-state index contributed by atoms with van der Waals surface area (Å²) >= 11 is 0. The molecule has 0 aliphatic carbocycles. The van der Waals surface area contributed by atoms with Crippen molar-refractivity contribution in [2.24, 2.45) is 0 Å². The molecular formula is C20H17F2N3O2. The first kappa shape index (κ1) is 18.4. The molecule has 1 N–H and O–H groups in total. The van der Waals surface area contributed by atoms with Crippen molar-refractivity contribution in [3.05, 3.63) is 82.1 Å². The number of anilines is 1. The van der Waals surface area contributed by atoms with Crippen molar-refractivity contribution in [2.75, 3.05) is 5.32 Å². The molecule has 27 heavy (non-hydrogen) atoms. The Balaban J connectivity index is 1.89. The Bertz CT molecular complexity index is 1050. The van der Waals surface area contributed by atoms with E-state index < -0.39 is 29.1 Å². The number of rotatable bonds is 4. The van der Waals surface area contributed by atoms with Gasteiger partial charge in [0.15, 0.2) is 0 Å². The summed E-state index contributed by atoms with van der Waals surface area (Å²) in [7, 11) is 0. The molecule has 138 valence electrons. The smallest absolute Gasteiger partial charge is 0.267 e. The minimum atomic E-state index is -1.02. The van der Waals surface area contributed by atoms with Gasteiger partial charge in [-0.2, -0.15) is 5.10 Å². The lowest BCUT2D eigenvalue weighted by Gasteiger charge is -2.15. The summed E-state index contributed by atoms with van der Waals surface area (Å²) in [6.07, 6.45) is 0. The average Bonchev–Trinajstić information content (AvgIpc) is 2.65. The van der Waals surface area contributed by atoms with E-state index in [1.165, 1.54) is 13.0 Å². The topological polar surface area (TPSA) is 64.0 Å². The molecule has 0 aliphatic rings. The van der Waals surface area contributed by atoms with E-state index >= 15 is 0 Å². The predicted octanol–water partition coefficient (Wildman–Crippen LogP) is 3.70. The lowest BCUT2D eigenvalue weighted by atomic mass is 10.1. The molecule has 1 aromatic heterocycles. The number of carbonyl (C=O) groups is 1. The van der Waals surface area contributed by atoms with Crippen LogP contribution in [0.3, 0.4) is 0 Å². The number of nitrogens with one attached hydrogen (secondary N) is 1. The number of aromatic nitrogens is 2. The van der Waals surface area contributed by atoms with Gasteiger partial charge < -0.3 is 5.32 Å². The number of carbonyl (C=O) groups excluding carboxylic acids is 1. The quantitative estimate of drug-likeness (QED) is 0.763. The van der Waals surface area contributed by atoms with E-state index in [2.05, 4.69) is 10.4 Å². The van der Waals surface area contributed by atoms with Gasteiger partial charge in [0.2, 0.25) is 5.91 Å². The standard InChI is InChI=1S/C20H17F2N3O2/c1-12-3-5-14(6-4-12)17-9-10-19(26)25(24-17)13(2)20(27)23-18-11-15(21)7-8-16(18)22/h3-11,13H,1-2H3,(H,23,27). The molecule has 0 aliphatic heterocycles. The van der Waals surface area contributed by atoms with Crippen molar-refractivity contribution in [1.29, 1.82) is 0 Å². The predicted molar refractivity (Wildman–Crippen MR) is 98.4 cm³/mol. The van der Waals surface area contributed by atoms with E-state index in [9.17, 15) is 18.4 Å². The second-order valence-corrected chi connectivity index (χ2v) is 6.16. The third kappa shape index (κ3) is 4.08. The minimum absolute atomic E-state index is 0.297. The maximum atomic E-state index is 13.7. The monoisotopic (exact) mass is 369 g/mol. The van der Waals surface area contributed by atoms with Gasteiger partial charge in [-0.05, 0) is 32.0 Å². The van der Waals surface area contributed by atoms with Gasteiger partial charge in [0.1, 0.15) is 17.7 Å². The van der Waals surface area contributed by atoms with Crippen molar-refractivity contribution < 1.29 is 13.6 Å². The van der Waals surface area contributed by atoms with E-state index in [0.29, 0.717) is 5.69 Å². The van der Waals surface area contributed by atoms with E-state index in [1.807, 2.05) is 31.2 Å². The van der Waals surface area contributed by atoms with Crippen molar-refractivity contribution >= 4 is 11.6 Å². The van der Waals surface area contributed by atoms with Gasteiger partial charge in [-0.15, -0.1) is 0 Å². The molecule has 3 rings (SSSR count). The molecule has 1 heterocycles. The Morgan fingerprint density at radius 2 is 1.78 bits per heavy atom. The first-order valence-corrected chi connectivity index (χ1v) is 8.28. The van der Waals surface area contributed by atoms with Crippen LogP contribution in [0.4, 0.5) is 14.5 Å². The molecule has 0 saturated carbocycles. The van der Waals surface area contributed by atoms with Crippen LogP contribution in [0.1, 0.15) is 18.5 Å². The van der Waals surface area contributed by atoms with Crippen LogP contribution in [0.2, 0.25) is 0 Å². The van der Waals surface area contributed by atoms with Gasteiger partial charge in [0, 0.05) is 17.7 Å². The second kappa shape index (κ2) is 7.49. The fraction of sp³-hybridized carbons (Fsp3) is 0.150. The van der Waals surface area contributed by atoms with E-state index in [1.54, 1.807) is 6.07 Å². The molecule has 0 saturated heterocycles. The number of hydrogen-bond acceptors (Lipinski definition) is 3. The summed E-state index contributed by atoms with van der Waals surface area (Å²) in [5.74, 6) is -2.14. The highest BCUT2D eigenvalue weighted by Gasteiger charge is 2.19. The third-order valence-electron chi connectivity index (χ3n) is 4.10. The SMILES string of the molecule is Cc1ccc(-c2ccc(=O)n(C(C)C(=O)Nc3cc(F)ccc3F)n2)cc1. The van der Waals surface area contributed by atoms with E-state index in [-0.39, 0.29) is 5.69 Å². The highest BCUT2D eigenvalue weighted by Crippen LogP contribution is 2.19. The number of hydrogen-bond donors (Lipinski definition) is 1. The zero-order valence-electron chi connectivity index (χ0n) is 14.7. The van der Waals surface area contributed by atoms with Crippen LogP contribution in [0, 0.1) is 18.6 Å². The molecule has 0 fully saturated rings. The second-order valence-electron chi connectivity index (χ2n) is 6.16. The summed E-state index contributed by atoms with van der Waals surface area (Å²) in [4.78, 5) is 24.6. The molecule has 0 radical (unpaired) electrons. The molecule has 1 amide bonds. The van der Waals surface area contributed by atoms with Gasteiger partial charge in [-0.25, -0.2) is 13.5 Å². The Morgan fingerprint density at radius 3 is 2.48 bits per heavy atom. The third-order valence-corrected chi connectivity index (χ3v) is 4.10. The fourth-order valence-corrected chi connectivity index (χ4v) is 2.52. The Kier molecular flexibility index (Phi) is 5.12. The number of halogens is 2. The molecule has 0 spiro atoms. The zero-order valence-corrected chi connectivity index (χ0v) is 14.7. The van der Waals surface area contributed by atoms with Crippen molar-refractivity contribution in [3.63, 3.8) is 0 Å². The molecule has 5 nitrogen and oxygen atoms in total. The minimum Gasteiger partial charge on any atom is -0.322 e. The first-order valence-electron chi connectivity index (χ1n) is 8.28. The summed E-state index contributed by atoms with van der Waals surface area (Å²) in [6.45, 7) is 3.41. The normalized spacial score (nSPS) is 11.9. The van der Waals surface area contributed by atoms with Gasteiger partial charge in [-0.1, -0.05) is 29.8 Å². The molecular weight excluding hydrogens is 352 g/mol. The van der Waals surface area contributed by atoms with Crippen LogP contribution < -0.4 is 10.9 Å². The van der Waals surface area contributed by atoms with Crippen LogP contribution in [-0.2, 0) is 4.79 Å². The van der Waals surface area contributed by atoms with Crippen molar-refractivity contribution in [2.45, 2.75) is 19.9 Å². The molecule has 2 aromatic carbocycles. The van der Waals surface area contributed by atoms with Crippen molar-refractivity contribution in [1.82, 2.24) is 9.78 Å². The molecule has 0 bridgehead atoms. The maximum absolute atomic E-state index is 13.7. The molecule has 1 atom stereocenters. The Labute approximate surface area is 154 Å². The highest BCUT2D eigenvalue weighted by molar-refractivity contribution is 5.93. The highest BCUT2D eigenvalue weighted by atomic mass is 19.1. The van der Waals surface area contributed by atoms with Crippen molar-refractivity contribution in [3.8, 4) is 11.3 Å². The number of amides is 1. The van der Waals surface area contributed by atoms with Crippen LogP contribution in [-0.4, -0.2) is 15.7 Å². The van der Waals surface area contributed by atoms with Crippen LogP contribution in [0.25, 0.3) is 11.3 Å². The first-order chi connectivity index (χ1) is 12.8. The zero-order chi connectivity index (χ0) is 19.6. The maximum Gasteiger partial charge on any atom is 0.267 e. The van der Waals surface area contributed by atoms with E-state index in [0.717, 1.165) is 34.0 Å². The van der Waals surface area contributed by atoms with E-state index in [4.69, 9.17) is 0 Å². The van der Waals surface area contributed by atoms with Gasteiger partial charge >= 0.3 is 0 Å². The number of aryl methyl sites for hydroxylation is 1. The lowest BCUT2D eigenvalue weighted by Crippen LogP contribution is -2.33. The average molecular weight is 369 g/mol. The Morgan fingerprint density at radius 1 is 1.07 bits per heavy atom. The number of benzene rings is 2. The largest absolute Gasteiger partial charge is 0.322 e. The summed E-state index contributed by atoms with van der Waals surface area (Å²) in [5.41, 5.74) is 1.61. The Hall–Kier alpha value is -3.35. The van der Waals surface area contributed by atoms with Gasteiger partial charge in [0.05, 0.1) is 11.4 Å². The number of nitrogens with zero attached hydrogens (tertiary/aromatic N) is 2. The molecule has 7 heteroatoms. The molecule has 1 unspecified atom stereocenters. The van der Waals surface area contributed by atoms with Crippen LogP contribution in [0.15, 0.2) is 59.4 Å². The summed E-state index contributed by atoms with van der Waals surface area (Å²) in [6, 6.07) is 12.1. The molecule has 3 aromatic rings. The van der Waals surface area contributed by atoms with Crippen LogP contribution in [0.5, 0.6) is 0 Å². The van der Waals surface area contributed by atoms with Crippen LogP contribution >= 0.6 is 0 Å². The van der Waals surface area contributed by atoms with Gasteiger partial charge in [0.25, 0.3) is 5.56 Å². The summed E-state index contributed by atoms with van der Waals surface area (Å²) < 4.78 is 28.0. The van der Waals surface area contributed by atoms with Gasteiger partial charge in [-0.3, -0.25) is 9.59 Å². The fourth-order valence-electron chi connectivity index (χ4n) is 2.52. The summed E-state index contributed by atoms with van der Waals surface area (Å²) in [5, 5.41) is 6.54.